The Morgan fingerprint density at radius 2 is 2.08 bits per heavy atom. The van der Waals surface area contributed by atoms with E-state index in [1.54, 1.807) is 4.90 Å². The van der Waals surface area contributed by atoms with E-state index in [0.29, 0.717) is 0 Å². The molecule has 2 fully saturated rings. The number of aryl methyl sites for hydroxylation is 1. The number of benzene rings is 1. The molecule has 0 spiro atoms. The summed E-state index contributed by atoms with van der Waals surface area (Å²) in [5.74, 6) is 1.77. The lowest BCUT2D eigenvalue weighted by molar-refractivity contribution is -0.930. The van der Waals surface area contributed by atoms with Gasteiger partial charge in [0, 0.05) is 6.42 Å². The molecule has 0 unspecified atom stereocenters. The average Bonchev–Trinajstić information content (AvgIpc) is 2.60. The molecular formula is C20H31N2O2+. The molecule has 1 N–H and O–H groups in total. The highest BCUT2D eigenvalue weighted by atomic mass is 16.5. The van der Waals surface area contributed by atoms with E-state index in [2.05, 4.69) is 6.92 Å². The number of nitrogens with one attached hydrogen (secondary N) is 1. The summed E-state index contributed by atoms with van der Waals surface area (Å²) in [6.07, 6.45) is 5.50. The van der Waals surface area contributed by atoms with E-state index in [0.717, 1.165) is 49.5 Å². The Hall–Kier alpha value is -1.55. The van der Waals surface area contributed by atoms with Gasteiger partial charge in [0.05, 0.1) is 32.2 Å². The lowest BCUT2D eigenvalue weighted by Gasteiger charge is -2.39. The maximum Gasteiger partial charge on any atom is 0.260 e. The summed E-state index contributed by atoms with van der Waals surface area (Å²) in [7, 11) is 0. The fourth-order valence-corrected chi connectivity index (χ4v) is 4.20. The first-order valence-electron chi connectivity index (χ1n) is 9.43. The second-order valence-electron chi connectivity index (χ2n) is 7.61. The van der Waals surface area contributed by atoms with E-state index in [1.807, 2.05) is 36.1 Å². The summed E-state index contributed by atoms with van der Waals surface area (Å²) in [4.78, 5) is 16.1. The number of quaternary nitrogens is 1. The molecule has 132 valence electrons. The van der Waals surface area contributed by atoms with Crippen molar-refractivity contribution in [2.75, 3.05) is 32.8 Å². The third kappa shape index (κ3) is 4.50. The van der Waals surface area contributed by atoms with Crippen molar-refractivity contribution in [2.24, 2.45) is 5.92 Å². The van der Waals surface area contributed by atoms with Gasteiger partial charge in [-0.3, -0.25) is 4.79 Å². The summed E-state index contributed by atoms with van der Waals surface area (Å²) in [6, 6.07) is 8.69. The molecule has 2 aliphatic rings. The number of hydrogen-bond acceptors (Lipinski definition) is 2. The molecule has 0 bridgehead atoms. The highest BCUT2D eigenvalue weighted by Crippen LogP contribution is 2.22. The fourth-order valence-electron chi connectivity index (χ4n) is 4.20. The molecule has 4 heteroatoms. The summed E-state index contributed by atoms with van der Waals surface area (Å²) in [5.41, 5.74) is 1.15. The van der Waals surface area contributed by atoms with Crippen LogP contribution in [-0.2, 0) is 4.79 Å². The lowest BCUT2D eigenvalue weighted by atomic mass is 9.86. The van der Waals surface area contributed by atoms with Gasteiger partial charge in [0.1, 0.15) is 5.75 Å². The summed E-state index contributed by atoms with van der Waals surface area (Å²) >= 11 is 0. The number of carbonyl (C=O) groups excluding carboxylic acids is 1. The molecule has 1 aliphatic heterocycles. The van der Waals surface area contributed by atoms with Gasteiger partial charge in [-0.1, -0.05) is 25.5 Å². The van der Waals surface area contributed by atoms with Crippen molar-refractivity contribution in [3.05, 3.63) is 29.8 Å². The molecular weight excluding hydrogens is 300 g/mol. The smallest absolute Gasteiger partial charge is 0.260 e. The Labute approximate surface area is 145 Å². The molecule has 1 aromatic rings. The molecule has 4 nitrogen and oxygen atoms in total. The summed E-state index contributed by atoms with van der Waals surface area (Å²) < 4.78 is 5.66. The highest BCUT2D eigenvalue weighted by molar-refractivity contribution is 5.77. The summed E-state index contributed by atoms with van der Waals surface area (Å²) in [6.45, 7) is 8.49. The minimum atomic E-state index is 0.118. The second kappa shape index (κ2) is 8.02. The predicted molar refractivity (Wildman–Crippen MR) is 95.4 cm³/mol. The first kappa shape index (κ1) is 17.3. The van der Waals surface area contributed by atoms with E-state index < -0.39 is 0 Å². The first-order chi connectivity index (χ1) is 11.6. The van der Waals surface area contributed by atoms with Gasteiger partial charge >= 0.3 is 0 Å². The fraction of sp³-hybridized carbons (Fsp3) is 0.650. The topological polar surface area (TPSA) is 34.0 Å². The monoisotopic (exact) mass is 331 g/mol. The second-order valence-corrected chi connectivity index (χ2v) is 7.61. The number of hydrogen-bond donors (Lipinski definition) is 1. The van der Waals surface area contributed by atoms with E-state index in [9.17, 15) is 4.79 Å². The van der Waals surface area contributed by atoms with E-state index in [1.165, 1.54) is 25.7 Å². The van der Waals surface area contributed by atoms with Gasteiger partial charge in [-0.05, 0) is 43.4 Å². The van der Waals surface area contributed by atoms with Crippen LogP contribution in [0.15, 0.2) is 24.3 Å². The predicted octanol–water partition coefficient (Wildman–Crippen LogP) is 1.68. The molecule has 24 heavy (non-hydrogen) atoms. The Morgan fingerprint density at radius 1 is 1.29 bits per heavy atom. The molecule has 1 heterocycles. The minimum absolute atomic E-state index is 0.118. The summed E-state index contributed by atoms with van der Waals surface area (Å²) in [5, 5.41) is 0. The van der Waals surface area contributed by atoms with Crippen LogP contribution in [-0.4, -0.2) is 49.6 Å². The third-order valence-corrected chi connectivity index (χ3v) is 5.62. The van der Waals surface area contributed by atoms with Gasteiger partial charge in [-0.2, -0.15) is 0 Å². The van der Waals surface area contributed by atoms with Crippen LogP contribution in [0.25, 0.3) is 0 Å². The van der Waals surface area contributed by atoms with E-state index in [4.69, 9.17) is 4.74 Å². The maximum absolute atomic E-state index is 12.4. The molecule has 1 saturated heterocycles. The normalized spacial score (nSPS) is 25.5. The van der Waals surface area contributed by atoms with Crippen LogP contribution in [0, 0.1) is 12.8 Å². The zero-order valence-corrected chi connectivity index (χ0v) is 15.1. The Balaban J connectivity index is 1.43. The zero-order valence-electron chi connectivity index (χ0n) is 15.1. The molecule has 0 aromatic heterocycles. The van der Waals surface area contributed by atoms with Gasteiger partial charge in [0.25, 0.3) is 5.91 Å². The van der Waals surface area contributed by atoms with Crippen LogP contribution in [0.4, 0.5) is 0 Å². The lowest BCUT2D eigenvalue weighted by Crippen LogP contribution is -3.18. The Kier molecular flexibility index (Phi) is 5.77. The van der Waals surface area contributed by atoms with Crippen molar-refractivity contribution < 1.29 is 14.4 Å². The number of nitrogens with zero attached hydrogens (tertiary/aromatic N) is 1. The molecule has 2 atom stereocenters. The number of carbonyl (C=O) groups is 1. The molecule has 1 aromatic carbocycles. The molecule has 3 rings (SSSR count). The first-order valence-corrected chi connectivity index (χ1v) is 9.43. The van der Waals surface area contributed by atoms with Crippen molar-refractivity contribution in [1.29, 1.82) is 0 Å². The third-order valence-electron chi connectivity index (χ3n) is 5.62. The van der Waals surface area contributed by atoms with E-state index in [-0.39, 0.29) is 12.5 Å². The molecule has 1 aliphatic carbocycles. The Morgan fingerprint density at radius 3 is 2.79 bits per heavy atom. The van der Waals surface area contributed by atoms with Crippen molar-refractivity contribution in [3.8, 4) is 5.75 Å². The number of rotatable bonds is 4. The van der Waals surface area contributed by atoms with Crippen molar-refractivity contribution in [3.63, 3.8) is 0 Å². The molecule has 1 amide bonds. The quantitative estimate of drug-likeness (QED) is 0.911. The zero-order chi connectivity index (χ0) is 16.9. The van der Waals surface area contributed by atoms with Gasteiger partial charge in [-0.15, -0.1) is 0 Å². The van der Waals surface area contributed by atoms with Crippen molar-refractivity contribution in [1.82, 2.24) is 4.90 Å². The van der Waals surface area contributed by atoms with Crippen molar-refractivity contribution >= 4 is 5.91 Å². The van der Waals surface area contributed by atoms with Crippen LogP contribution < -0.4 is 9.64 Å². The highest BCUT2D eigenvalue weighted by Gasteiger charge is 2.31. The van der Waals surface area contributed by atoms with Gasteiger partial charge in [0.15, 0.2) is 6.61 Å². The largest absolute Gasteiger partial charge is 0.484 e. The van der Waals surface area contributed by atoms with Crippen molar-refractivity contribution in [2.45, 2.75) is 45.6 Å². The van der Waals surface area contributed by atoms with Crippen LogP contribution >= 0.6 is 0 Å². The van der Waals surface area contributed by atoms with Gasteiger partial charge in [-0.25, -0.2) is 0 Å². The molecule has 1 saturated carbocycles. The van der Waals surface area contributed by atoms with Crippen LogP contribution in [0.1, 0.15) is 38.2 Å². The maximum atomic E-state index is 12.4. The van der Waals surface area contributed by atoms with Gasteiger partial charge in [0.2, 0.25) is 0 Å². The number of ether oxygens (including phenoxy) is 1. The minimum Gasteiger partial charge on any atom is -0.484 e. The van der Waals surface area contributed by atoms with Crippen LogP contribution in [0.2, 0.25) is 0 Å². The van der Waals surface area contributed by atoms with Crippen LogP contribution in [0.5, 0.6) is 5.75 Å². The average molecular weight is 331 g/mol. The number of piperazine rings is 1. The number of amides is 1. The van der Waals surface area contributed by atoms with E-state index >= 15 is 0 Å². The van der Waals surface area contributed by atoms with Gasteiger partial charge < -0.3 is 14.5 Å². The molecule has 0 radical (unpaired) electrons. The SMILES string of the molecule is Cc1cccc(OCC(=O)N2CC[NH+]([C@@H]3CCC[C@@H](C)C3)CC2)c1. The van der Waals surface area contributed by atoms with Crippen LogP contribution in [0.3, 0.4) is 0 Å². The Bertz CT molecular complexity index is 552. The standard InChI is InChI=1S/C20H30N2O2/c1-16-5-3-7-18(13-16)21-9-11-22(12-10-21)20(23)15-24-19-8-4-6-17(2)14-19/h4,6,8,14,16,18H,3,5,7,9-13,15H2,1-2H3/p+1/t16-,18-/m1/s1.